The summed E-state index contributed by atoms with van der Waals surface area (Å²) in [7, 11) is 0. The van der Waals surface area contributed by atoms with Crippen molar-refractivity contribution in [3.63, 3.8) is 0 Å². The maximum atomic E-state index is 6.94. The van der Waals surface area contributed by atoms with Crippen LogP contribution in [0.5, 0.6) is 0 Å². The van der Waals surface area contributed by atoms with Crippen molar-refractivity contribution in [2.75, 3.05) is 0 Å². The Balaban J connectivity index is 2.86. The lowest BCUT2D eigenvalue weighted by Gasteiger charge is -2.01. The van der Waals surface area contributed by atoms with Gasteiger partial charge in [-0.2, -0.15) is 0 Å². The summed E-state index contributed by atoms with van der Waals surface area (Å²) in [5.74, 6) is 0. The minimum atomic E-state index is 0.719. The second-order valence-corrected chi connectivity index (χ2v) is 3.10. The first kappa shape index (κ1) is 7.82. The Morgan fingerprint density at radius 2 is 1.92 bits per heavy atom. The van der Waals surface area contributed by atoms with Gasteiger partial charge in [-0.1, -0.05) is 35.9 Å². The smallest absolute Gasteiger partial charge is 0.188 e. The van der Waals surface area contributed by atoms with E-state index in [-0.39, 0.29) is 0 Å². The minimum Gasteiger partial charge on any atom is -0.238 e. The molecule has 2 aromatic rings. The molecule has 0 N–H and O–H groups in total. The van der Waals surface area contributed by atoms with Crippen LogP contribution in [0, 0.1) is 13.5 Å². The quantitative estimate of drug-likeness (QED) is 0.527. The fourth-order valence-corrected chi connectivity index (χ4v) is 1.55. The highest BCUT2D eigenvalue weighted by molar-refractivity contribution is 5.88. The molecule has 0 saturated carbocycles. The Labute approximate surface area is 77.4 Å². The molecule has 0 bridgehead atoms. The topological polar surface area (TPSA) is 4.36 Å². The van der Waals surface area contributed by atoms with Gasteiger partial charge in [0, 0.05) is 0 Å². The van der Waals surface area contributed by atoms with E-state index < -0.39 is 0 Å². The molecular formula is C12H9N. The third-order valence-electron chi connectivity index (χ3n) is 2.18. The van der Waals surface area contributed by atoms with E-state index in [1.54, 1.807) is 0 Å². The summed E-state index contributed by atoms with van der Waals surface area (Å²) >= 11 is 0. The van der Waals surface area contributed by atoms with Crippen molar-refractivity contribution in [3.05, 3.63) is 53.4 Å². The molecule has 13 heavy (non-hydrogen) atoms. The summed E-state index contributed by atoms with van der Waals surface area (Å²) in [5.41, 5.74) is 1.89. The van der Waals surface area contributed by atoms with Crippen LogP contribution in [0.3, 0.4) is 0 Å². The van der Waals surface area contributed by atoms with Gasteiger partial charge < -0.3 is 0 Å². The third-order valence-corrected chi connectivity index (χ3v) is 2.18. The molecule has 0 fully saturated rings. The molecule has 1 nitrogen and oxygen atoms in total. The van der Waals surface area contributed by atoms with E-state index in [2.05, 4.69) is 10.9 Å². The summed E-state index contributed by atoms with van der Waals surface area (Å²) in [6.45, 7) is 8.98. The van der Waals surface area contributed by atoms with E-state index in [0.717, 1.165) is 11.1 Å². The van der Waals surface area contributed by atoms with Crippen molar-refractivity contribution in [2.45, 2.75) is 6.92 Å². The van der Waals surface area contributed by atoms with Crippen molar-refractivity contribution in [1.29, 1.82) is 0 Å². The van der Waals surface area contributed by atoms with Gasteiger partial charge in [-0.05, 0) is 23.8 Å². The van der Waals surface area contributed by atoms with Gasteiger partial charge in [0.15, 0.2) is 5.69 Å². The Hall–Kier alpha value is -1.81. The van der Waals surface area contributed by atoms with Crippen molar-refractivity contribution < 1.29 is 0 Å². The SMILES string of the molecule is [C-]#[N+]c1cc(C)c2ccccc2c1. The Morgan fingerprint density at radius 3 is 2.69 bits per heavy atom. The molecule has 0 spiro atoms. The number of hydrogen-bond acceptors (Lipinski definition) is 0. The first-order valence-electron chi connectivity index (χ1n) is 4.18. The average Bonchev–Trinajstić information content (AvgIpc) is 2.18. The monoisotopic (exact) mass is 167 g/mol. The number of rotatable bonds is 0. The van der Waals surface area contributed by atoms with Gasteiger partial charge in [0.05, 0.1) is 6.57 Å². The lowest BCUT2D eigenvalue weighted by Crippen LogP contribution is -1.76. The second-order valence-electron chi connectivity index (χ2n) is 3.10. The molecule has 0 aliphatic rings. The molecule has 0 atom stereocenters. The average molecular weight is 167 g/mol. The van der Waals surface area contributed by atoms with Crippen LogP contribution < -0.4 is 0 Å². The molecule has 0 saturated heterocycles. The number of nitrogens with zero attached hydrogens (tertiary/aromatic N) is 1. The standard InChI is InChI=1S/C12H9N/c1-9-7-11(13-2)8-10-5-3-4-6-12(9)10/h3-8H,1H3. The van der Waals surface area contributed by atoms with Crippen LogP contribution in [0.2, 0.25) is 0 Å². The maximum absolute atomic E-state index is 6.94. The van der Waals surface area contributed by atoms with E-state index in [0.29, 0.717) is 0 Å². The lowest BCUT2D eigenvalue weighted by atomic mass is 10.0. The highest BCUT2D eigenvalue weighted by atomic mass is 14.6. The van der Waals surface area contributed by atoms with E-state index in [1.807, 2.05) is 37.3 Å². The summed E-state index contributed by atoms with van der Waals surface area (Å²) in [6.07, 6.45) is 0. The molecule has 2 aromatic carbocycles. The zero-order valence-electron chi connectivity index (χ0n) is 7.41. The van der Waals surface area contributed by atoms with E-state index in [1.165, 1.54) is 10.9 Å². The molecule has 0 heterocycles. The van der Waals surface area contributed by atoms with Crippen molar-refractivity contribution in [3.8, 4) is 0 Å². The number of fused-ring (bicyclic) bond motifs is 1. The second kappa shape index (κ2) is 2.91. The Kier molecular flexibility index (Phi) is 1.75. The van der Waals surface area contributed by atoms with Gasteiger partial charge in [-0.15, -0.1) is 0 Å². The number of aryl methyl sites for hydroxylation is 1. The zero-order valence-corrected chi connectivity index (χ0v) is 7.41. The van der Waals surface area contributed by atoms with Gasteiger partial charge in [-0.3, -0.25) is 0 Å². The van der Waals surface area contributed by atoms with Crippen molar-refractivity contribution in [2.24, 2.45) is 0 Å². The molecule has 0 aromatic heterocycles. The highest BCUT2D eigenvalue weighted by Crippen LogP contribution is 2.24. The normalized spacial score (nSPS) is 9.85. The predicted octanol–water partition coefficient (Wildman–Crippen LogP) is 3.70. The van der Waals surface area contributed by atoms with Gasteiger partial charge in [0.25, 0.3) is 0 Å². The van der Waals surface area contributed by atoms with Crippen LogP contribution in [0.25, 0.3) is 15.6 Å². The molecule has 0 unspecified atom stereocenters. The van der Waals surface area contributed by atoms with Crippen LogP contribution in [0.1, 0.15) is 5.56 Å². The fourth-order valence-electron chi connectivity index (χ4n) is 1.55. The zero-order chi connectivity index (χ0) is 9.26. The Bertz CT molecular complexity index is 492. The minimum absolute atomic E-state index is 0.719. The molecular weight excluding hydrogens is 158 g/mol. The van der Waals surface area contributed by atoms with Gasteiger partial charge >= 0.3 is 0 Å². The summed E-state index contributed by atoms with van der Waals surface area (Å²) in [6, 6.07) is 12.0. The van der Waals surface area contributed by atoms with Gasteiger partial charge in [0.2, 0.25) is 0 Å². The molecule has 0 radical (unpaired) electrons. The maximum Gasteiger partial charge on any atom is 0.188 e. The van der Waals surface area contributed by atoms with E-state index >= 15 is 0 Å². The number of benzene rings is 2. The summed E-state index contributed by atoms with van der Waals surface area (Å²) in [4.78, 5) is 3.43. The Morgan fingerprint density at radius 1 is 1.15 bits per heavy atom. The van der Waals surface area contributed by atoms with Gasteiger partial charge in [0.1, 0.15) is 0 Å². The molecule has 0 aliphatic carbocycles. The summed E-state index contributed by atoms with van der Waals surface area (Å²) in [5, 5.41) is 2.38. The summed E-state index contributed by atoms with van der Waals surface area (Å²) < 4.78 is 0. The molecule has 62 valence electrons. The van der Waals surface area contributed by atoms with Crippen LogP contribution in [-0.2, 0) is 0 Å². The van der Waals surface area contributed by atoms with Crippen LogP contribution in [-0.4, -0.2) is 0 Å². The molecule has 0 aliphatic heterocycles. The number of hydrogen-bond donors (Lipinski definition) is 0. The first-order chi connectivity index (χ1) is 6.31. The van der Waals surface area contributed by atoms with Gasteiger partial charge in [-0.25, -0.2) is 4.85 Å². The van der Waals surface area contributed by atoms with Crippen LogP contribution in [0.4, 0.5) is 5.69 Å². The van der Waals surface area contributed by atoms with Crippen LogP contribution >= 0.6 is 0 Å². The molecule has 0 amide bonds. The third kappa shape index (κ3) is 1.27. The first-order valence-corrected chi connectivity index (χ1v) is 4.18. The highest BCUT2D eigenvalue weighted by Gasteiger charge is 1.98. The van der Waals surface area contributed by atoms with E-state index in [9.17, 15) is 0 Å². The molecule has 2 rings (SSSR count). The largest absolute Gasteiger partial charge is 0.238 e. The van der Waals surface area contributed by atoms with Crippen molar-refractivity contribution in [1.82, 2.24) is 0 Å². The van der Waals surface area contributed by atoms with Crippen molar-refractivity contribution >= 4 is 16.5 Å². The lowest BCUT2D eigenvalue weighted by molar-refractivity contribution is 1.54. The van der Waals surface area contributed by atoms with Crippen LogP contribution in [0.15, 0.2) is 36.4 Å². The fraction of sp³-hybridized carbons (Fsp3) is 0.0833. The van der Waals surface area contributed by atoms with E-state index in [4.69, 9.17) is 6.57 Å². The molecule has 1 heteroatoms. The predicted molar refractivity (Wildman–Crippen MR) is 54.9 cm³/mol.